The lowest BCUT2D eigenvalue weighted by atomic mass is 10.3. The maximum absolute atomic E-state index is 4.41. The van der Waals surface area contributed by atoms with Crippen LogP contribution in [-0.4, -0.2) is 35.5 Å². The van der Waals surface area contributed by atoms with Gasteiger partial charge in [0.05, 0.1) is 0 Å². The molecule has 1 aliphatic heterocycles. The molecular weight excluding hydrogens is 200 g/mol. The minimum absolute atomic E-state index is 0.752. The van der Waals surface area contributed by atoms with E-state index in [4.69, 9.17) is 0 Å². The lowest BCUT2D eigenvalue weighted by Crippen LogP contribution is -2.25. The van der Waals surface area contributed by atoms with Crippen molar-refractivity contribution in [3.63, 3.8) is 0 Å². The minimum atomic E-state index is 0.752. The largest absolute Gasteiger partial charge is 0.365 e. The molecular formula is C9H18N2S2. The van der Waals surface area contributed by atoms with Gasteiger partial charge in [-0.3, -0.25) is 4.99 Å². The molecule has 0 aromatic rings. The Morgan fingerprint density at radius 2 is 2.54 bits per heavy atom. The number of hydrogen-bond acceptors (Lipinski definition) is 4. The Morgan fingerprint density at radius 1 is 1.69 bits per heavy atom. The highest BCUT2D eigenvalue weighted by Gasteiger charge is 2.05. The molecule has 0 aromatic carbocycles. The van der Waals surface area contributed by atoms with Crippen molar-refractivity contribution in [2.24, 2.45) is 4.99 Å². The summed E-state index contributed by atoms with van der Waals surface area (Å²) in [4.78, 5) is 4.41. The first kappa shape index (κ1) is 11.2. The fourth-order valence-corrected chi connectivity index (χ4v) is 2.27. The summed E-state index contributed by atoms with van der Waals surface area (Å²) in [6, 6.07) is 0. The Balaban J connectivity index is 2.08. The van der Waals surface area contributed by atoms with E-state index in [0.717, 1.165) is 23.5 Å². The molecule has 0 spiro atoms. The number of thioether (sulfide) groups is 2. The van der Waals surface area contributed by atoms with E-state index in [0.29, 0.717) is 0 Å². The number of amidine groups is 1. The molecule has 0 saturated carbocycles. The summed E-state index contributed by atoms with van der Waals surface area (Å²) in [5.74, 6) is 1.23. The number of nitrogens with zero attached hydrogens (tertiary/aromatic N) is 1. The predicted molar refractivity (Wildman–Crippen MR) is 65.0 cm³/mol. The van der Waals surface area contributed by atoms with Gasteiger partial charge in [-0.2, -0.15) is 11.8 Å². The molecule has 76 valence electrons. The van der Waals surface area contributed by atoms with Crippen LogP contribution in [0.3, 0.4) is 0 Å². The van der Waals surface area contributed by atoms with Gasteiger partial charge >= 0.3 is 0 Å². The Kier molecular flexibility index (Phi) is 5.71. The second-order valence-electron chi connectivity index (χ2n) is 3.15. The lowest BCUT2D eigenvalue weighted by Gasteiger charge is -2.14. The third-order valence-corrected chi connectivity index (χ3v) is 4.11. The van der Waals surface area contributed by atoms with Gasteiger partial charge in [-0.15, -0.1) is 0 Å². The van der Waals surface area contributed by atoms with Gasteiger partial charge in [0.25, 0.3) is 0 Å². The van der Waals surface area contributed by atoms with Crippen LogP contribution in [0.1, 0.15) is 19.8 Å². The fourth-order valence-electron chi connectivity index (χ4n) is 1.07. The van der Waals surface area contributed by atoms with Crippen LogP contribution in [0.5, 0.6) is 0 Å². The highest BCUT2D eigenvalue weighted by Crippen LogP contribution is 2.11. The van der Waals surface area contributed by atoms with E-state index in [2.05, 4.69) is 23.5 Å². The van der Waals surface area contributed by atoms with E-state index in [1.54, 1.807) is 0 Å². The monoisotopic (exact) mass is 218 g/mol. The molecule has 0 radical (unpaired) electrons. The van der Waals surface area contributed by atoms with Crippen LogP contribution in [0.25, 0.3) is 0 Å². The zero-order valence-electron chi connectivity index (χ0n) is 8.38. The van der Waals surface area contributed by atoms with Crippen LogP contribution >= 0.6 is 23.5 Å². The molecule has 13 heavy (non-hydrogen) atoms. The van der Waals surface area contributed by atoms with Crippen molar-refractivity contribution in [3.8, 4) is 0 Å². The van der Waals surface area contributed by atoms with Crippen molar-refractivity contribution in [2.75, 3.05) is 25.1 Å². The van der Waals surface area contributed by atoms with Gasteiger partial charge in [-0.05, 0) is 19.1 Å². The van der Waals surface area contributed by atoms with E-state index in [9.17, 15) is 0 Å². The van der Waals surface area contributed by atoms with E-state index < -0.39 is 0 Å². The summed E-state index contributed by atoms with van der Waals surface area (Å²) in [7, 11) is 0. The van der Waals surface area contributed by atoms with Crippen molar-refractivity contribution in [2.45, 2.75) is 25.0 Å². The van der Waals surface area contributed by atoms with Gasteiger partial charge in [0, 0.05) is 24.1 Å². The van der Waals surface area contributed by atoms with Crippen molar-refractivity contribution in [3.05, 3.63) is 0 Å². The van der Waals surface area contributed by atoms with Crippen LogP contribution in [0, 0.1) is 0 Å². The first-order valence-corrected chi connectivity index (χ1v) is 7.04. The Labute approximate surface area is 89.3 Å². The number of hydrogen-bond donors (Lipinski definition) is 1. The summed E-state index contributed by atoms with van der Waals surface area (Å²) in [6.07, 6.45) is 4.62. The Morgan fingerprint density at radius 3 is 3.15 bits per heavy atom. The third kappa shape index (κ3) is 4.81. The summed E-state index contributed by atoms with van der Waals surface area (Å²) >= 11 is 3.78. The highest BCUT2D eigenvalue weighted by atomic mass is 32.2. The van der Waals surface area contributed by atoms with Gasteiger partial charge in [-0.1, -0.05) is 18.7 Å². The molecule has 0 saturated heterocycles. The van der Waals surface area contributed by atoms with E-state index in [1.165, 1.54) is 18.6 Å². The van der Waals surface area contributed by atoms with Crippen molar-refractivity contribution in [1.82, 2.24) is 5.32 Å². The molecule has 0 aliphatic carbocycles. The quantitative estimate of drug-likeness (QED) is 0.783. The zero-order chi connectivity index (χ0) is 9.52. The van der Waals surface area contributed by atoms with Crippen LogP contribution in [0.2, 0.25) is 0 Å². The molecule has 0 aromatic heterocycles. The molecule has 0 bridgehead atoms. The lowest BCUT2D eigenvalue weighted by molar-refractivity contribution is 0.767. The molecule has 2 nitrogen and oxygen atoms in total. The second kappa shape index (κ2) is 6.60. The Hall–Kier alpha value is 0.170. The number of aliphatic imine (C=N–C) groups is 1. The van der Waals surface area contributed by atoms with E-state index in [-0.39, 0.29) is 0 Å². The average molecular weight is 218 g/mol. The first-order valence-electron chi connectivity index (χ1n) is 4.77. The molecule has 1 N–H and O–H groups in total. The summed E-state index contributed by atoms with van der Waals surface area (Å²) in [5, 5.41) is 5.29. The van der Waals surface area contributed by atoms with Crippen LogP contribution in [0.4, 0.5) is 0 Å². The van der Waals surface area contributed by atoms with Crippen molar-refractivity contribution < 1.29 is 0 Å². The van der Waals surface area contributed by atoms with Gasteiger partial charge in [-0.25, -0.2) is 0 Å². The molecule has 1 heterocycles. The van der Waals surface area contributed by atoms with Crippen LogP contribution < -0.4 is 5.32 Å². The van der Waals surface area contributed by atoms with Crippen molar-refractivity contribution >= 4 is 28.7 Å². The molecule has 1 unspecified atom stereocenters. The van der Waals surface area contributed by atoms with Crippen LogP contribution in [0.15, 0.2) is 4.99 Å². The minimum Gasteiger partial charge on any atom is -0.365 e. The zero-order valence-corrected chi connectivity index (χ0v) is 10.0. The topological polar surface area (TPSA) is 24.4 Å². The molecule has 1 aliphatic rings. The maximum atomic E-state index is 4.41. The number of nitrogens with one attached hydrogen (secondary N) is 1. The van der Waals surface area contributed by atoms with Crippen molar-refractivity contribution in [1.29, 1.82) is 0 Å². The highest BCUT2D eigenvalue weighted by molar-refractivity contribution is 8.13. The summed E-state index contributed by atoms with van der Waals surface area (Å²) in [5.41, 5.74) is 0. The standard InChI is InChI=1S/C9H18N2S2/c1-8(12-2)4-6-11-9-10-5-3-7-13-9/h8H,3-7H2,1-2H3,(H,10,11). The van der Waals surface area contributed by atoms with Gasteiger partial charge < -0.3 is 5.32 Å². The molecule has 0 amide bonds. The Bertz CT molecular complexity index is 171. The molecule has 1 atom stereocenters. The predicted octanol–water partition coefficient (Wildman–Crippen LogP) is 2.21. The van der Waals surface area contributed by atoms with Crippen LogP contribution in [-0.2, 0) is 0 Å². The fraction of sp³-hybridized carbons (Fsp3) is 0.889. The van der Waals surface area contributed by atoms with E-state index in [1.807, 2.05) is 23.5 Å². The number of rotatable bonds is 4. The molecule has 4 heteroatoms. The SMILES string of the molecule is CSC(C)CCNC1=NCCCS1. The second-order valence-corrected chi connectivity index (χ2v) is 5.51. The molecule has 1 rings (SSSR count). The third-order valence-electron chi connectivity index (χ3n) is 2.03. The van der Waals surface area contributed by atoms with E-state index >= 15 is 0 Å². The normalized spacial score (nSPS) is 19.4. The smallest absolute Gasteiger partial charge is 0.156 e. The summed E-state index contributed by atoms with van der Waals surface area (Å²) in [6.45, 7) is 4.34. The van der Waals surface area contributed by atoms with Gasteiger partial charge in [0.15, 0.2) is 5.17 Å². The average Bonchev–Trinajstić information content (AvgIpc) is 2.19. The molecule has 0 fully saturated rings. The maximum Gasteiger partial charge on any atom is 0.156 e. The first-order chi connectivity index (χ1) is 6.33. The van der Waals surface area contributed by atoms with Gasteiger partial charge in [0.2, 0.25) is 0 Å². The summed E-state index contributed by atoms with van der Waals surface area (Å²) < 4.78 is 0. The van der Waals surface area contributed by atoms with Gasteiger partial charge in [0.1, 0.15) is 0 Å².